The number of likely N-dealkylation sites (tertiary alicyclic amines) is 1. The topological polar surface area (TPSA) is 71.5 Å². The van der Waals surface area contributed by atoms with Crippen LogP contribution in [0.5, 0.6) is 0 Å². The Morgan fingerprint density at radius 1 is 1.30 bits per heavy atom. The number of hydrogen-bond acceptors (Lipinski definition) is 5. The van der Waals surface area contributed by atoms with E-state index in [0.717, 1.165) is 25.0 Å². The summed E-state index contributed by atoms with van der Waals surface area (Å²) < 4.78 is 40.6. The molecule has 3 rings (SSSR count). The molecule has 1 N–H and O–H groups in total. The van der Waals surface area contributed by atoms with Gasteiger partial charge in [-0.2, -0.15) is 13.2 Å². The van der Waals surface area contributed by atoms with Gasteiger partial charge in [0.25, 0.3) is 0 Å². The fraction of sp³-hybridized carbons (Fsp3) is 0.706. The highest BCUT2D eigenvalue weighted by Gasteiger charge is 2.33. The molecule has 1 fully saturated rings. The van der Waals surface area contributed by atoms with E-state index in [1.807, 2.05) is 0 Å². The number of hydrogen-bond donors (Lipinski definition) is 1. The zero-order valence-corrected chi connectivity index (χ0v) is 15.8. The number of ether oxygens (including phenoxy) is 1. The summed E-state index contributed by atoms with van der Waals surface area (Å²) >= 11 is 1.51. The average molecular weight is 405 g/mol. The number of aryl methyl sites for hydroxylation is 1. The zero-order chi connectivity index (χ0) is 19.6. The van der Waals surface area contributed by atoms with Gasteiger partial charge in [-0.05, 0) is 38.0 Å². The fourth-order valence-electron chi connectivity index (χ4n) is 3.36. The summed E-state index contributed by atoms with van der Waals surface area (Å²) in [5.41, 5.74) is 1.07. The Kier molecular flexibility index (Phi) is 5.92. The number of piperidine rings is 1. The maximum atomic E-state index is 12.5. The number of fused-ring (bicyclic) bond motifs is 1. The lowest BCUT2D eigenvalue weighted by molar-refractivity contribution is -0.162. The molecule has 0 spiro atoms. The molecule has 2 amide bonds. The van der Waals surface area contributed by atoms with E-state index in [1.165, 1.54) is 21.1 Å². The molecular weight excluding hydrogens is 383 g/mol. The van der Waals surface area contributed by atoms with Gasteiger partial charge in [-0.15, -0.1) is 11.3 Å². The van der Waals surface area contributed by atoms with Crippen LogP contribution in [0.3, 0.4) is 0 Å². The van der Waals surface area contributed by atoms with Gasteiger partial charge in [0.05, 0.1) is 5.69 Å². The highest BCUT2D eigenvalue weighted by Crippen LogP contribution is 2.32. The molecule has 1 aliphatic carbocycles. The monoisotopic (exact) mass is 405 g/mol. The van der Waals surface area contributed by atoms with Crippen LogP contribution in [0, 0.1) is 11.8 Å². The molecule has 27 heavy (non-hydrogen) atoms. The van der Waals surface area contributed by atoms with Crippen LogP contribution in [0.15, 0.2) is 0 Å². The van der Waals surface area contributed by atoms with Crippen molar-refractivity contribution in [2.75, 3.05) is 25.0 Å². The smallest absolute Gasteiger partial charge is 0.422 e. The van der Waals surface area contributed by atoms with Crippen LogP contribution in [0.4, 0.5) is 23.1 Å². The molecule has 0 saturated carbocycles. The van der Waals surface area contributed by atoms with E-state index < -0.39 is 18.9 Å². The molecular formula is C17H22F3N3O3S. The molecule has 1 aromatic rings. The molecule has 6 nitrogen and oxygen atoms in total. The number of anilines is 1. The Balaban J connectivity index is 1.47. The van der Waals surface area contributed by atoms with Crippen LogP contribution in [0.1, 0.15) is 36.8 Å². The SMILES string of the molecule is CC1CCc2nc(NC(=O)C3CCN(C(=O)OCC(F)(F)F)CC3)sc2C1. The standard InChI is InChI=1S/C17H22F3N3O3S/c1-10-2-3-12-13(8-10)27-15(21-12)22-14(24)11-4-6-23(7-5-11)16(25)26-9-17(18,19)20/h10-11H,2-9H2,1H3,(H,21,22,24). The predicted molar refractivity (Wildman–Crippen MR) is 93.6 cm³/mol. The number of carbonyl (C=O) groups excluding carboxylic acids is 2. The third kappa shape index (κ3) is 5.33. The Morgan fingerprint density at radius 2 is 2.00 bits per heavy atom. The second kappa shape index (κ2) is 8.04. The van der Waals surface area contributed by atoms with E-state index in [9.17, 15) is 22.8 Å². The van der Waals surface area contributed by atoms with Crippen molar-refractivity contribution in [3.05, 3.63) is 10.6 Å². The van der Waals surface area contributed by atoms with Gasteiger partial charge in [-0.1, -0.05) is 6.92 Å². The number of amides is 2. The molecule has 1 aromatic heterocycles. The highest BCUT2D eigenvalue weighted by molar-refractivity contribution is 7.15. The van der Waals surface area contributed by atoms with Crippen molar-refractivity contribution >= 4 is 28.5 Å². The van der Waals surface area contributed by atoms with Gasteiger partial charge in [0.1, 0.15) is 0 Å². The maximum Gasteiger partial charge on any atom is 0.422 e. The van der Waals surface area contributed by atoms with E-state index in [-0.39, 0.29) is 24.9 Å². The summed E-state index contributed by atoms with van der Waals surface area (Å²) in [7, 11) is 0. The summed E-state index contributed by atoms with van der Waals surface area (Å²) in [5, 5.41) is 3.46. The minimum Gasteiger partial charge on any atom is -0.440 e. The fourth-order valence-corrected chi connectivity index (χ4v) is 4.53. The molecule has 150 valence electrons. The summed E-state index contributed by atoms with van der Waals surface area (Å²) in [4.78, 5) is 31.0. The molecule has 1 unspecified atom stereocenters. The normalized spacial score (nSPS) is 20.9. The van der Waals surface area contributed by atoms with Gasteiger partial charge in [0.15, 0.2) is 11.7 Å². The minimum absolute atomic E-state index is 0.155. The number of carbonyl (C=O) groups is 2. The van der Waals surface area contributed by atoms with Gasteiger partial charge < -0.3 is 15.0 Å². The predicted octanol–water partition coefficient (Wildman–Crippen LogP) is 3.62. The van der Waals surface area contributed by atoms with Crippen molar-refractivity contribution in [1.29, 1.82) is 0 Å². The Morgan fingerprint density at radius 3 is 2.67 bits per heavy atom. The van der Waals surface area contributed by atoms with Gasteiger partial charge in [0, 0.05) is 23.9 Å². The lowest BCUT2D eigenvalue weighted by atomic mass is 9.93. The quantitative estimate of drug-likeness (QED) is 0.834. The molecule has 0 radical (unpaired) electrons. The summed E-state index contributed by atoms with van der Waals surface area (Å²) in [6.45, 7) is 0.995. The summed E-state index contributed by atoms with van der Waals surface area (Å²) in [6, 6.07) is 0. The molecule has 0 bridgehead atoms. The van der Waals surface area contributed by atoms with E-state index in [0.29, 0.717) is 23.9 Å². The Hall–Kier alpha value is -1.84. The first-order valence-corrected chi connectivity index (χ1v) is 9.81. The van der Waals surface area contributed by atoms with Crippen LogP contribution < -0.4 is 5.32 Å². The molecule has 2 aliphatic rings. The van der Waals surface area contributed by atoms with Crippen molar-refractivity contribution < 1.29 is 27.5 Å². The van der Waals surface area contributed by atoms with Gasteiger partial charge in [-0.25, -0.2) is 9.78 Å². The van der Waals surface area contributed by atoms with E-state index >= 15 is 0 Å². The second-order valence-corrected chi connectivity index (χ2v) is 8.24. The van der Waals surface area contributed by atoms with Crippen LogP contribution in [0.2, 0.25) is 0 Å². The summed E-state index contributed by atoms with van der Waals surface area (Å²) in [5.74, 6) is 0.178. The van der Waals surface area contributed by atoms with Crippen LogP contribution >= 0.6 is 11.3 Å². The van der Waals surface area contributed by atoms with Gasteiger partial charge >= 0.3 is 12.3 Å². The first-order chi connectivity index (χ1) is 12.7. The largest absolute Gasteiger partial charge is 0.440 e. The van der Waals surface area contributed by atoms with Crippen molar-refractivity contribution in [3.63, 3.8) is 0 Å². The van der Waals surface area contributed by atoms with Crippen molar-refractivity contribution in [2.24, 2.45) is 11.8 Å². The van der Waals surface area contributed by atoms with E-state index in [2.05, 4.69) is 22.0 Å². The summed E-state index contributed by atoms with van der Waals surface area (Å²) in [6.07, 6.45) is -1.74. The lowest BCUT2D eigenvalue weighted by Crippen LogP contribution is -2.42. The number of thiazole rings is 1. The van der Waals surface area contributed by atoms with E-state index in [1.54, 1.807) is 0 Å². The lowest BCUT2D eigenvalue weighted by Gasteiger charge is -2.30. The van der Waals surface area contributed by atoms with Crippen LogP contribution in [-0.4, -0.2) is 47.8 Å². The number of aromatic nitrogens is 1. The van der Waals surface area contributed by atoms with Crippen LogP contribution in [-0.2, 0) is 22.4 Å². The zero-order valence-electron chi connectivity index (χ0n) is 15.0. The first kappa shape index (κ1) is 19.9. The molecule has 1 atom stereocenters. The molecule has 1 aliphatic heterocycles. The van der Waals surface area contributed by atoms with Gasteiger partial charge in [-0.3, -0.25) is 4.79 Å². The van der Waals surface area contributed by atoms with Crippen LogP contribution in [0.25, 0.3) is 0 Å². The third-order valence-electron chi connectivity index (χ3n) is 4.90. The number of nitrogens with one attached hydrogen (secondary N) is 1. The number of alkyl halides is 3. The van der Waals surface area contributed by atoms with Crippen molar-refractivity contribution in [3.8, 4) is 0 Å². The van der Waals surface area contributed by atoms with Crippen molar-refractivity contribution in [2.45, 2.75) is 45.2 Å². The average Bonchev–Trinajstić information content (AvgIpc) is 3.00. The molecule has 0 aromatic carbocycles. The Labute approximate surface area is 159 Å². The maximum absolute atomic E-state index is 12.5. The van der Waals surface area contributed by atoms with Gasteiger partial charge in [0.2, 0.25) is 5.91 Å². The third-order valence-corrected chi connectivity index (χ3v) is 5.93. The van der Waals surface area contributed by atoms with Crippen molar-refractivity contribution in [1.82, 2.24) is 9.88 Å². The number of nitrogens with zero attached hydrogens (tertiary/aromatic N) is 2. The molecule has 1 saturated heterocycles. The highest BCUT2D eigenvalue weighted by atomic mass is 32.1. The number of halogens is 3. The second-order valence-electron chi connectivity index (χ2n) is 7.16. The molecule has 2 heterocycles. The minimum atomic E-state index is -4.54. The first-order valence-electron chi connectivity index (χ1n) is 8.99. The Bertz CT molecular complexity index is 699. The van der Waals surface area contributed by atoms with E-state index in [4.69, 9.17) is 0 Å². The molecule has 10 heteroatoms. The number of rotatable bonds is 3.